The lowest BCUT2D eigenvalue weighted by atomic mass is 10.1. The van der Waals surface area contributed by atoms with Crippen LogP contribution in [0.15, 0.2) is 17.2 Å². The summed E-state index contributed by atoms with van der Waals surface area (Å²) in [4.78, 5) is 12.7. The second-order valence-corrected chi connectivity index (χ2v) is 2.82. The van der Waals surface area contributed by atoms with Crippen LogP contribution in [0, 0.1) is 24.0 Å². The van der Waals surface area contributed by atoms with Gasteiger partial charge >= 0.3 is 0 Å². The maximum atomic E-state index is 10.6. The highest BCUT2D eigenvalue weighted by molar-refractivity contribution is 5.60. The van der Waals surface area contributed by atoms with Crippen molar-refractivity contribution in [3.05, 3.63) is 43.8 Å². The van der Waals surface area contributed by atoms with Crippen LogP contribution in [0.1, 0.15) is 11.1 Å². The summed E-state index contributed by atoms with van der Waals surface area (Å²) in [5, 5.41) is 14.0. The summed E-state index contributed by atoms with van der Waals surface area (Å²) in [6.45, 7) is 3.30. The quantitative estimate of drug-likeness (QED) is 0.236. The summed E-state index contributed by atoms with van der Waals surface area (Å²) in [6, 6.07) is 2.97. The van der Waals surface area contributed by atoms with Crippen LogP contribution in [-0.4, -0.2) is 4.92 Å². The van der Waals surface area contributed by atoms with Crippen molar-refractivity contribution in [2.24, 2.45) is 5.11 Å². The van der Waals surface area contributed by atoms with E-state index < -0.39 is 4.92 Å². The van der Waals surface area contributed by atoms with Crippen molar-refractivity contribution in [1.82, 2.24) is 0 Å². The van der Waals surface area contributed by atoms with E-state index in [9.17, 15) is 10.1 Å². The maximum Gasteiger partial charge on any atom is 0.272 e. The molecule has 1 rings (SSSR count). The van der Waals surface area contributed by atoms with Crippen LogP contribution in [0.25, 0.3) is 10.4 Å². The van der Waals surface area contributed by atoms with E-state index in [4.69, 9.17) is 5.53 Å². The fourth-order valence-electron chi connectivity index (χ4n) is 1.22. The summed E-state index contributed by atoms with van der Waals surface area (Å²) < 4.78 is 0. The maximum absolute atomic E-state index is 10.6. The molecule has 72 valence electrons. The minimum atomic E-state index is -0.495. The monoisotopic (exact) mass is 192 g/mol. The van der Waals surface area contributed by atoms with Crippen LogP contribution in [0.2, 0.25) is 0 Å². The molecule has 1 aromatic rings. The number of hydrogen-bond acceptors (Lipinski definition) is 3. The summed E-state index contributed by atoms with van der Waals surface area (Å²) in [7, 11) is 0. The first-order chi connectivity index (χ1) is 6.57. The normalized spacial score (nSPS) is 9.29. The van der Waals surface area contributed by atoms with E-state index in [1.165, 1.54) is 6.07 Å². The van der Waals surface area contributed by atoms with Crippen LogP contribution in [0.5, 0.6) is 0 Å². The molecule has 0 aliphatic rings. The van der Waals surface area contributed by atoms with Gasteiger partial charge in [-0.1, -0.05) is 11.2 Å². The van der Waals surface area contributed by atoms with Crippen LogP contribution >= 0.6 is 0 Å². The Bertz CT molecular complexity index is 435. The molecule has 0 aromatic heterocycles. The van der Waals surface area contributed by atoms with Crippen molar-refractivity contribution in [2.45, 2.75) is 13.8 Å². The Morgan fingerprint density at radius 3 is 2.64 bits per heavy atom. The van der Waals surface area contributed by atoms with Crippen LogP contribution in [0.3, 0.4) is 0 Å². The predicted molar refractivity (Wildman–Crippen MR) is 51.4 cm³/mol. The standard InChI is InChI=1S/C8H8N4O2/c1-5-3-4-7(12(13)14)6(2)8(5)10-11-9/h3-4H,1-2H3. The lowest BCUT2D eigenvalue weighted by Crippen LogP contribution is -1.92. The Morgan fingerprint density at radius 1 is 1.50 bits per heavy atom. The number of hydrogen-bond donors (Lipinski definition) is 0. The molecule has 0 saturated carbocycles. The number of nitro groups is 1. The van der Waals surface area contributed by atoms with Crippen LogP contribution in [0.4, 0.5) is 11.4 Å². The Kier molecular flexibility index (Phi) is 2.69. The largest absolute Gasteiger partial charge is 0.272 e. The number of rotatable bonds is 2. The van der Waals surface area contributed by atoms with Crippen molar-refractivity contribution in [3.63, 3.8) is 0 Å². The number of azide groups is 1. The van der Waals surface area contributed by atoms with E-state index in [1.54, 1.807) is 19.9 Å². The highest BCUT2D eigenvalue weighted by Gasteiger charge is 2.14. The van der Waals surface area contributed by atoms with E-state index in [1.807, 2.05) is 0 Å². The Labute approximate surface area is 79.9 Å². The fraction of sp³-hybridized carbons (Fsp3) is 0.250. The molecular formula is C8H8N4O2. The van der Waals surface area contributed by atoms with Gasteiger partial charge in [-0.05, 0) is 24.9 Å². The molecule has 0 aliphatic heterocycles. The smallest absolute Gasteiger partial charge is 0.258 e. The van der Waals surface area contributed by atoms with Gasteiger partial charge in [-0.3, -0.25) is 10.1 Å². The molecule has 0 N–H and O–H groups in total. The Hall–Kier alpha value is -2.07. The van der Waals surface area contributed by atoms with E-state index in [0.717, 1.165) is 5.56 Å². The molecule has 0 saturated heterocycles. The molecule has 6 nitrogen and oxygen atoms in total. The number of nitro benzene ring substituents is 1. The third-order valence-electron chi connectivity index (χ3n) is 1.95. The molecular weight excluding hydrogens is 184 g/mol. The van der Waals surface area contributed by atoms with Crippen molar-refractivity contribution < 1.29 is 4.92 Å². The molecule has 0 bridgehead atoms. The molecule has 0 aliphatic carbocycles. The van der Waals surface area contributed by atoms with E-state index >= 15 is 0 Å². The van der Waals surface area contributed by atoms with Gasteiger partial charge in [0.2, 0.25) is 0 Å². The highest BCUT2D eigenvalue weighted by atomic mass is 16.6. The topological polar surface area (TPSA) is 91.9 Å². The van der Waals surface area contributed by atoms with Crippen LogP contribution < -0.4 is 0 Å². The van der Waals surface area contributed by atoms with Crippen molar-refractivity contribution in [2.75, 3.05) is 0 Å². The molecule has 0 unspecified atom stereocenters. The zero-order valence-electron chi connectivity index (χ0n) is 7.76. The summed E-state index contributed by atoms with van der Waals surface area (Å²) >= 11 is 0. The van der Waals surface area contributed by atoms with E-state index in [0.29, 0.717) is 11.3 Å². The van der Waals surface area contributed by atoms with Crippen molar-refractivity contribution in [1.29, 1.82) is 0 Å². The van der Waals surface area contributed by atoms with Gasteiger partial charge in [0.15, 0.2) is 0 Å². The fourth-order valence-corrected chi connectivity index (χ4v) is 1.22. The van der Waals surface area contributed by atoms with Gasteiger partial charge in [-0.15, -0.1) is 0 Å². The first-order valence-electron chi connectivity index (χ1n) is 3.87. The molecule has 0 spiro atoms. The first-order valence-corrected chi connectivity index (χ1v) is 3.87. The minimum absolute atomic E-state index is 0.0296. The average Bonchev–Trinajstić information content (AvgIpc) is 2.11. The van der Waals surface area contributed by atoms with Gasteiger partial charge in [0.05, 0.1) is 10.6 Å². The Balaban J connectivity index is 3.48. The van der Waals surface area contributed by atoms with Gasteiger partial charge in [0.1, 0.15) is 0 Å². The van der Waals surface area contributed by atoms with Gasteiger partial charge < -0.3 is 0 Å². The highest BCUT2D eigenvalue weighted by Crippen LogP contribution is 2.30. The zero-order valence-corrected chi connectivity index (χ0v) is 7.76. The third-order valence-corrected chi connectivity index (χ3v) is 1.95. The molecule has 1 aromatic carbocycles. The van der Waals surface area contributed by atoms with E-state index in [-0.39, 0.29) is 5.69 Å². The minimum Gasteiger partial charge on any atom is -0.258 e. The molecule has 0 radical (unpaired) electrons. The number of nitrogens with zero attached hydrogens (tertiary/aromatic N) is 4. The molecule has 0 fully saturated rings. The summed E-state index contributed by atoms with van der Waals surface area (Å²) in [5.74, 6) is 0. The van der Waals surface area contributed by atoms with Crippen molar-refractivity contribution >= 4 is 11.4 Å². The number of benzene rings is 1. The Morgan fingerprint density at radius 2 is 2.14 bits per heavy atom. The van der Waals surface area contributed by atoms with E-state index in [2.05, 4.69) is 10.0 Å². The molecule has 0 amide bonds. The lowest BCUT2D eigenvalue weighted by Gasteiger charge is -2.03. The van der Waals surface area contributed by atoms with Gasteiger partial charge in [-0.2, -0.15) is 0 Å². The van der Waals surface area contributed by atoms with Crippen molar-refractivity contribution in [3.8, 4) is 0 Å². The second-order valence-electron chi connectivity index (χ2n) is 2.82. The molecule has 6 heteroatoms. The van der Waals surface area contributed by atoms with Gasteiger partial charge in [0, 0.05) is 16.5 Å². The number of aryl methyl sites for hydroxylation is 1. The molecule has 0 atom stereocenters. The second kappa shape index (κ2) is 3.76. The van der Waals surface area contributed by atoms with Crippen LogP contribution in [-0.2, 0) is 0 Å². The molecule has 14 heavy (non-hydrogen) atoms. The predicted octanol–water partition coefficient (Wildman–Crippen LogP) is 3.15. The zero-order chi connectivity index (χ0) is 10.7. The first kappa shape index (κ1) is 10.0. The van der Waals surface area contributed by atoms with Gasteiger partial charge in [-0.25, -0.2) is 0 Å². The molecule has 0 heterocycles. The summed E-state index contributed by atoms with van der Waals surface area (Å²) in [5.41, 5.74) is 9.72. The summed E-state index contributed by atoms with van der Waals surface area (Å²) in [6.07, 6.45) is 0. The lowest BCUT2D eigenvalue weighted by molar-refractivity contribution is -0.385. The third kappa shape index (κ3) is 1.65. The average molecular weight is 192 g/mol. The van der Waals surface area contributed by atoms with Gasteiger partial charge in [0.25, 0.3) is 5.69 Å². The SMILES string of the molecule is Cc1ccc([N+](=O)[O-])c(C)c1N=[N+]=[N-].